The zero-order chi connectivity index (χ0) is 14.8. The first-order chi connectivity index (χ1) is 9.65. The smallest absolute Gasteiger partial charge is 0.264 e. The van der Waals surface area contributed by atoms with E-state index in [4.69, 9.17) is 5.11 Å². The lowest BCUT2D eigenvalue weighted by molar-refractivity contribution is 0.150. The van der Waals surface area contributed by atoms with E-state index < -0.39 is 6.43 Å². The van der Waals surface area contributed by atoms with Gasteiger partial charge in [-0.15, -0.1) is 0 Å². The van der Waals surface area contributed by atoms with Crippen molar-refractivity contribution in [3.63, 3.8) is 0 Å². The molecule has 20 heavy (non-hydrogen) atoms. The van der Waals surface area contributed by atoms with Crippen LogP contribution >= 0.6 is 27.7 Å². The molecule has 114 valence electrons. The first kappa shape index (κ1) is 17.9. The largest absolute Gasteiger partial charge is 0.396 e. The van der Waals surface area contributed by atoms with Gasteiger partial charge in [0, 0.05) is 22.4 Å². The Morgan fingerprint density at radius 1 is 1.10 bits per heavy atom. The summed E-state index contributed by atoms with van der Waals surface area (Å²) in [5.74, 6) is 1.95. The Labute approximate surface area is 132 Å². The zero-order valence-electron chi connectivity index (χ0n) is 11.5. The van der Waals surface area contributed by atoms with E-state index in [1.54, 1.807) is 12.1 Å². The Balaban J connectivity index is 2.18. The number of aliphatic hydroxyl groups excluding tert-OH is 1. The average Bonchev–Trinajstić information content (AvgIpc) is 2.41. The molecule has 1 aromatic rings. The molecule has 0 fully saturated rings. The summed E-state index contributed by atoms with van der Waals surface area (Å²) in [7, 11) is 0. The Morgan fingerprint density at radius 2 is 1.80 bits per heavy atom. The fourth-order valence-electron chi connectivity index (χ4n) is 1.87. The number of halogens is 3. The van der Waals surface area contributed by atoms with E-state index in [1.807, 2.05) is 11.8 Å². The van der Waals surface area contributed by atoms with Gasteiger partial charge in [0.05, 0.1) is 0 Å². The van der Waals surface area contributed by atoms with Crippen molar-refractivity contribution in [3.05, 3.63) is 33.8 Å². The van der Waals surface area contributed by atoms with Gasteiger partial charge >= 0.3 is 0 Å². The van der Waals surface area contributed by atoms with Gasteiger partial charge in [-0.25, -0.2) is 8.78 Å². The standard InChI is InChI=1S/C15H21BrF2OS/c16-14-10-12(6-7-13(14)15(17)18)11-20-9-5-3-1-2-4-8-19/h6-7,10,15,19H,1-5,8-9,11H2. The molecule has 0 bridgehead atoms. The van der Waals surface area contributed by atoms with Crippen LogP contribution in [0.4, 0.5) is 8.78 Å². The normalized spacial score (nSPS) is 11.2. The Bertz CT molecular complexity index is 388. The maximum Gasteiger partial charge on any atom is 0.264 e. The van der Waals surface area contributed by atoms with Crippen molar-refractivity contribution in [2.24, 2.45) is 0 Å². The van der Waals surface area contributed by atoms with Gasteiger partial charge in [-0.05, 0) is 30.2 Å². The molecule has 1 aromatic carbocycles. The number of hydrogen-bond donors (Lipinski definition) is 1. The maximum atomic E-state index is 12.6. The second-order valence-electron chi connectivity index (χ2n) is 4.70. The summed E-state index contributed by atoms with van der Waals surface area (Å²) < 4.78 is 25.7. The van der Waals surface area contributed by atoms with Crippen LogP contribution in [-0.4, -0.2) is 17.5 Å². The highest BCUT2D eigenvalue weighted by Gasteiger charge is 2.11. The van der Waals surface area contributed by atoms with Crippen LogP contribution in [-0.2, 0) is 5.75 Å². The molecule has 5 heteroatoms. The number of rotatable bonds is 10. The van der Waals surface area contributed by atoms with Crippen molar-refractivity contribution in [3.8, 4) is 0 Å². The molecule has 0 atom stereocenters. The van der Waals surface area contributed by atoms with Crippen molar-refractivity contribution in [1.82, 2.24) is 0 Å². The van der Waals surface area contributed by atoms with Gasteiger partial charge in [-0.3, -0.25) is 0 Å². The summed E-state index contributed by atoms with van der Waals surface area (Å²) in [6, 6.07) is 5.07. The predicted molar refractivity (Wildman–Crippen MR) is 85.4 cm³/mol. The summed E-state index contributed by atoms with van der Waals surface area (Å²) in [4.78, 5) is 0. The van der Waals surface area contributed by atoms with Gasteiger partial charge < -0.3 is 5.11 Å². The number of benzene rings is 1. The lowest BCUT2D eigenvalue weighted by Gasteiger charge is -2.07. The van der Waals surface area contributed by atoms with Crippen molar-refractivity contribution in [2.75, 3.05) is 12.4 Å². The van der Waals surface area contributed by atoms with Gasteiger partial charge in [-0.2, -0.15) is 11.8 Å². The first-order valence-corrected chi connectivity index (χ1v) is 8.85. The molecule has 0 aromatic heterocycles. The van der Waals surface area contributed by atoms with Crippen LogP contribution in [0.15, 0.2) is 22.7 Å². The van der Waals surface area contributed by atoms with Gasteiger partial charge in [0.15, 0.2) is 0 Å². The van der Waals surface area contributed by atoms with Crippen LogP contribution in [0.5, 0.6) is 0 Å². The molecule has 0 spiro atoms. The van der Waals surface area contributed by atoms with E-state index >= 15 is 0 Å². The Kier molecular flexibility index (Phi) is 9.48. The van der Waals surface area contributed by atoms with Crippen LogP contribution in [0.2, 0.25) is 0 Å². The summed E-state index contributed by atoms with van der Waals surface area (Å²) >= 11 is 5.03. The molecule has 0 aliphatic heterocycles. The van der Waals surface area contributed by atoms with Crippen molar-refractivity contribution < 1.29 is 13.9 Å². The molecule has 1 nitrogen and oxygen atoms in total. The van der Waals surface area contributed by atoms with E-state index in [-0.39, 0.29) is 12.2 Å². The minimum atomic E-state index is -2.43. The lowest BCUT2D eigenvalue weighted by atomic mass is 10.1. The minimum Gasteiger partial charge on any atom is -0.396 e. The molecule has 0 unspecified atom stereocenters. The minimum absolute atomic E-state index is 0.0580. The second kappa shape index (κ2) is 10.6. The lowest BCUT2D eigenvalue weighted by Crippen LogP contribution is -1.90. The highest BCUT2D eigenvalue weighted by Crippen LogP contribution is 2.29. The van der Waals surface area contributed by atoms with Crippen LogP contribution in [0.1, 0.15) is 49.7 Å². The summed E-state index contributed by atoms with van der Waals surface area (Å²) in [6.07, 6.45) is 3.12. The van der Waals surface area contributed by atoms with Crippen LogP contribution < -0.4 is 0 Å². The molecule has 0 amide bonds. The van der Waals surface area contributed by atoms with Gasteiger partial charge in [-0.1, -0.05) is 47.3 Å². The van der Waals surface area contributed by atoms with Gasteiger partial charge in [0.2, 0.25) is 0 Å². The maximum absolute atomic E-state index is 12.6. The molecule has 0 heterocycles. The monoisotopic (exact) mass is 366 g/mol. The zero-order valence-corrected chi connectivity index (χ0v) is 13.9. The fourth-order valence-corrected chi connectivity index (χ4v) is 3.44. The summed E-state index contributed by atoms with van der Waals surface area (Å²) in [6.45, 7) is 0.290. The second-order valence-corrected chi connectivity index (χ2v) is 6.66. The first-order valence-electron chi connectivity index (χ1n) is 6.90. The highest BCUT2D eigenvalue weighted by molar-refractivity contribution is 9.10. The van der Waals surface area contributed by atoms with Crippen molar-refractivity contribution >= 4 is 27.7 Å². The molecule has 0 aliphatic rings. The van der Waals surface area contributed by atoms with Gasteiger partial charge in [0.25, 0.3) is 6.43 Å². The molecule has 0 aliphatic carbocycles. The molecule has 1 N–H and O–H groups in total. The molecule has 0 saturated carbocycles. The van der Waals surface area contributed by atoms with E-state index in [9.17, 15) is 8.78 Å². The van der Waals surface area contributed by atoms with Crippen LogP contribution in [0, 0.1) is 0 Å². The van der Waals surface area contributed by atoms with E-state index in [2.05, 4.69) is 15.9 Å². The molecular weight excluding hydrogens is 346 g/mol. The topological polar surface area (TPSA) is 20.2 Å². The van der Waals surface area contributed by atoms with E-state index in [0.717, 1.165) is 29.9 Å². The van der Waals surface area contributed by atoms with Crippen molar-refractivity contribution in [1.29, 1.82) is 0 Å². The summed E-state index contributed by atoms with van der Waals surface area (Å²) in [5, 5.41) is 8.65. The quantitative estimate of drug-likeness (QED) is 0.546. The van der Waals surface area contributed by atoms with E-state index in [0.29, 0.717) is 4.47 Å². The number of aliphatic hydroxyl groups is 1. The summed E-state index contributed by atoms with van der Waals surface area (Å²) in [5.41, 5.74) is 1.13. The van der Waals surface area contributed by atoms with Crippen LogP contribution in [0.25, 0.3) is 0 Å². The number of alkyl halides is 2. The Morgan fingerprint density at radius 3 is 2.45 bits per heavy atom. The number of thioether (sulfide) groups is 1. The third kappa shape index (κ3) is 7.04. The van der Waals surface area contributed by atoms with E-state index in [1.165, 1.54) is 25.3 Å². The SMILES string of the molecule is OCCCCCCCSCc1ccc(C(F)F)c(Br)c1. The molecule has 0 saturated heterocycles. The third-order valence-electron chi connectivity index (χ3n) is 3.02. The van der Waals surface area contributed by atoms with Crippen molar-refractivity contribution in [2.45, 2.75) is 44.3 Å². The highest BCUT2D eigenvalue weighted by atomic mass is 79.9. The predicted octanol–water partition coefficient (Wildman–Crippen LogP) is 5.56. The number of unbranched alkanes of at least 4 members (excludes halogenated alkanes) is 4. The molecule has 1 rings (SSSR count). The Hall–Kier alpha value is -0.130. The van der Waals surface area contributed by atoms with Gasteiger partial charge in [0.1, 0.15) is 0 Å². The van der Waals surface area contributed by atoms with Crippen LogP contribution in [0.3, 0.4) is 0 Å². The third-order valence-corrected chi connectivity index (χ3v) is 4.82. The fraction of sp³-hybridized carbons (Fsp3) is 0.600. The molecule has 0 radical (unpaired) electrons. The molecular formula is C15H21BrF2OS. The number of hydrogen-bond acceptors (Lipinski definition) is 2. The average molecular weight is 367 g/mol.